The second kappa shape index (κ2) is 9.06. The number of benzene rings is 1. The predicted octanol–water partition coefficient (Wildman–Crippen LogP) is 3.70. The van der Waals surface area contributed by atoms with E-state index in [9.17, 15) is 4.79 Å². The third-order valence-electron chi connectivity index (χ3n) is 4.27. The van der Waals surface area contributed by atoms with Crippen molar-refractivity contribution in [3.05, 3.63) is 35.1 Å². The van der Waals surface area contributed by atoms with Crippen LogP contribution in [0, 0.1) is 11.3 Å². The Labute approximate surface area is 162 Å². The fourth-order valence-electron chi connectivity index (χ4n) is 2.97. The average Bonchev–Trinajstić information content (AvgIpc) is 2.86. The standard InChI is InChI=1S/C18H20ClN5OS/c19-14-6-4-7-15(12-14)23(11-5-9-20)17(25)13-26-18-22-21-16-8-2-1-3-10-24(16)18/h4,6-7,12H,1-3,5,8,10-11,13H2. The van der Waals surface area contributed by atoms with Gasteiger partial charge in [0, 0.05) is 30.2 Å². The van der Waals surface area contributed by atoms with Crippen molar-refractivity contribution in [1.82, 2.24) is 14.8 Å². The van der Waals surface area contributed by atoms with Crippen molar-refractivity contribution in [3.63, 3.8) is 0 Å². The van der Waals surface area contributed by atoms with Crippen molar-refractivity contribution in [2.45, 2.75) is 43.8 Å². The van der Waals surface area contributed by atoms with Crippen molar-refractivity contribution in [3.8, 4) is 6.07 Å². The van der Waals surface area contributed by atoms with Gasteiger partial charge in [-0.05, 0) is 31.0 Å². The van der Waals surface area contributed by atoms with E-state index in [4.69, 9.17) is 16.9 Å². The van der Waals surface area contributed by atoms with E-state index in [0.29, 0.717) is 17.3 Å². The van der Waals surface area contributed by atoms with E-state index in [0.717, 1.165) is 36.8 Å². The van der Waals surface area contributed by atoms with Gasteiger partial charge in [-0.15, -0.1) is 10.2 Å². The zero-order chi connectivity index (χ0) is 18.4. The molecule has 8 heteroatoms. The molecule has 1 aliphatic heterocycles. The van der Waals surface area contributed by atoms with Gasteiger partial charge >= 0.3 is 0 Å². The molecule has 0 atom stereocenters. The molecular weight excluding hydrogens is 370 g/mol. The zero-order valence-electron chi connectivity index (χ0n) is 14.4. The van der Waals surface area contributed by atoms with Gasteiger partial charge in [0.25, 0.3) is 0 Å². The molecule has 1 aliphatic rings. The van der Waals surface area contributed by atoms with Crippen LogP contribution < -0.4 is 4.90 Å². The van der Waals surface area contributed by atoms with Gasteiger partial charge in [0.15, 0.2) is 5.16 Å². The van der Waals surface area contributed by atoms with E-state index in [1.54, 1.807) is 23.1 Å². The number of amides is 1. The van der Waals surface area contributed by atoms with Gasteiger partial charge in [0.2, 0.25) is 5.91 Å². The van der Waals surface area contributed by atoms with Crippen molar-refractivity contribution >= 4 is 35.0 Å². The van der Waals surface area contributed by atoms with Gasteiger partial charge in [-0.1, -0.05) is 35.9 Å². The summed E-state index contributed by atoms with van der Waals surface area (Å²) in [7, 11) is 0. The van der Waals surface area contributed by atoms with Crippen LogP contribution in [0.3, 0.4) is 0 Å². The van der Waals surface area contributed by atoms with Gasteiger partial charge in [0.1, 0.15) is 5.82 Å². The molecule has 3 rings (SSSR count). The fourth-order valence-corrected chi connectivity index (χ4v) is 4.02. The third-order valence-corrected chi connectivity index (χ3v) is 5.46. The Morgan fingerprint density at radius 1 is 1.35 bits per heavy atom. The predicted molar refractivity (Wildman–Crippen MR) is 102 cm³/mol. The second-order valence-corrected chi connectivity index (χ2v) is 7.46. The van der Waals surface area contributed by atoms with Gasteiger partial charge in [-0.25, -0.2) is 0 Å². The first-order chi connectivity index (χ1) is 12.7. The van der Waals surface area contributed by atoms with Crippen LogP contribution in [0.5, 0.6) is 0 Å². The Bertz CT molecular complexity index is 816. The van der Waals surface area contributed by atoms with E-state index < -0.39 is 0 Å². The Morgan fingerprint density at radius 2 is 2.23 bits per heavy atom. The number of hydrogen-bond donors (Lipinski definition) is 0. The molecule has 1 aromatic heterocycles. The molecule has 0 spiro atoms. The average molecular weight is 390 g/mol. The van der Waals surface area contributed by atoms with E-state index in [1.165, 1.54) is 18.2 Å². The highest BCUT2D eigenvalue weighted by molar-refractivity contribution is 7.99. The highest BCUT2D eigenvalue weighted by atomic mass is 35.5. The lowest BCUT2D eigenvalue weighted by Crippen LogP contribution is -2.33. The quantitative estimate of drug-likeness (QED) is 0.704. The van der Waals surface area contributed by atoms with Crippen LogP contribution in [0.4, 0.5) is 5.69 Å². The molecule has 0 radical (unpaired) electrons. The molecule has 6 nitrogen and oxygen atoms in total. The van der Waals surface area contributed by atoms with E-state index in [-0.39, 0.29) is 18.1 Å². The smallest absolute Gasteiger partial charge is 0.237 e. The van der Waals surface area contributed by atoms with E-state index in [1.807, 2.05) is 6.07 Å². The Kier molecular flexibility index (Phi) is 6.53. The number of anilines is 1. The number of nitrogens with zero attached hydrogens (tertiary/aromatic N) is 5. The number of nitriles is 1. The summed E-state index contributed by atoms with van der Waals surface area (Å²) in [6.45, 7) is 1.25. The molecule has 1 amide bonds. The van der Waals surface area contributed by atoms with Crippen LogP contribution in [-0.2, 0) is 17.8 Å². The SMILES string of the molecule is N#CCCN(C(=O)CSc1nnc2n1CCCCC2)c1cccc(Cl)c1. The number of fused-ring (bicyclic) bond motifs is 1. The summed E-state index contributed by atoms with van der Waals surface area (Å²) in [5.41, 5.74) is 0.707. The summed E-state index contributed by atoms with van der Waals surface area (Å²) in [6.07, 6.45) is 4.66. The summed E-state index contributed by atoms with van der Waals surface area (Å²) >= 11 is 7.45. The first kappa shape index (κ1) is 18.7. The van der Waals surface area contributed by atoms with Crippen molar-refractivity contribution < 1.29 is 4.79 Å². The molecule has 26 heavy (non-hydrogen) atoms. The fraction of sp³-hybridized carbons (Fsp3) is 0.444. The van der Waals surface area contributed by atoms with Crippen molar-refractivity contribution in [2.24, 2.45) is 0 Å². The van der Waals surface area contributed by atoms with E-state index in [2.05, 4.69) is 20.8 Å². The number of halogens is 1. The third kappa shape index (κ3) is 4.57. The molecule has 0 bridgehead atoms. The maximum atomic E-state index is 12.8. The highest BCUT2D eigenvalue weighted by Crippen LogP contribution is 2.24. The minimum atomic E-state index is -0.0708. The molecule has 0 fully saturated rings. The molecule has 136 valence electrons. The number of thioether (sulfide) groups is 1. The second-order valence-electron chi connectivity index (χ2n) is 6.08. The van der Waals surface area contributed by atoms with Gasteiger partial charge < -0.3 is 9.47 Å². The summed E-state index contributed by atoms with van der Waals surface area (Å²) in [6, 6.07) is 9.23. The minimum absolute atomic E-state index is 0.0708. The van der Waals surface area contributed by atoms with Crippen molar-refractivity contribution in [1.29, 1.82) is 5.26 Å². The van der Waals surface area contributed by atoms with E-state index >= 15 is 0 Å². The summed E-state index contributed by atoms with van der Waals surface area (Å²) in [5.74, 6) is 1.18. The highest BCUT2D eigenvalue weighted by Gasteiger charge is 2.20. The molecule has 0 unspecified atom stereocenters. The molecule has 2 aromatic rings. The monoisotopic (exact) mass is 389 g/mol. The summed E-state index contributed by atoms with van der Waals surface area (Å²) in [5, 5.41) is 18.8. The molecule has 1 aromatic carbocycles. The first-order valence-corrected chi connectivity index (χ1v) is 10.0. The van der Waals surface area contributed by atoms with Gasteiger partial charge in [0.05, 0.1) is 18.2 Å². The first-order valence-electron chi connectivity index (χ1n) is 8.67. The Morgan fingerprint density at radius 3 is 3.04 bits per heavy atom. The van der Waals surface area contributed by atoms with Crippen LogP contribution >= 0.6 is 23.4 Å². The maximum Gasteiger partial charge on any atom is 0.237 e. The lowest BCUT2D eigenvalue weighted by atomic mass is 10.2. The maximum absolute atomic E-state index is 12.8. The summed E-state index contributed by atoms with van der Waals surface area (Å²) < 4.78 is 2.13. The van der Waals surface area contributed by atoms with Gasteiger partial charge in [-0.3, -0.25) is 4.79 Å². The van der Waals surface area contributed by atoms with Crippen LogP contribution in [0.15, 0.2) is 29.4 Å². The molecule has 0 saturated heterocycles. The lowest BCUT2D eigenvalue weighted by Gasteiger charge is -2.21. The Balaban J connectivity index is 1.70. The zero-order valence-corrected chi connectivity index (χ0v) is 16.0. The molecular formula is C18H20ClN5OS. The number of aromatic nitrogens is 3. The van der Waals surface area contributed by atoms with Crippen LogP contribution in [0.1, 0.15) is 31.5 Å². The van der Waals surface area contributed by atoms with Gasteiger partial charge in [-0.2, -0.15) is 5.26 Å². The topological polar surface area (TPSA) is 74.8 Å². The minimum Gasteiger partial charge on any atom is -0.311 e. The Hall–Kier alpha value is -2.04. The number of carbonyl (C=O) groups is 1. The number of carbonyl (C=O) groups excluding carboxylic acids is 1. The van der Waals surface area contributed by atoms with Crippen molar-refractivity contribution in [2.75, 3.05) is 17.2 Å². The molecule has 0 aliphatic carbocycles. The number of hydrogen-bond acceptors (Lipinski definition) is 5. The summed E-state index contributed by atoms with van der Waals surface area (Å²) in [4.78, 5) is 14.4. The normalized spacial score (nSPS) is 13.5. The largest absolute Gasteiger partial charge is 0.311 e. The molecule has 0 saturated carbocycles. The van der Waals surface area contributed by atoms with Crippen LogP contribution in [0.2, 0.25) is 5.02 Å². The molecule has 2 heterocycles. The lowest BCUT2D eigenvalue weighted by molar-refractivity contribution is -0.116. The number of aryl methyl sites for hydroxylation is 1. The van der Waals surface area contributed by atoms with Crippen LogP contribution in [0.25, 0.3) is 0 Å². The number of rotatable bonds is 6. The molecule has 0 N–H and O–H groups in total. The van der Waals surface area contributed by atoms with Crippen LogP contribution in [-0.4, -0.2) is 33.0 Å².